The number of hydrogen-bond acceptors (Lipinski definition) is 2. The van der Waals surface area contributed by atoms with Crippen LogP contribution in [-0.4, -0.2) is 9.61 Å². The summed E-state index contributed by atoms with van der Waals surface area (Å²) in [5.74, 6) is 0. The van der Waals surface area contributed by atoms with E-state index in [0.717, 1.165) is 78.1 Å². The minimum absolute atomic E-state index is 0.555. The Morgan fingerprint density at radius 2 is 0.870 bits per heavy atom. The third kappa shape index (κ3) is 6.47. The molecule has 324 valence electrons. The monoisotopic (exact) mass is 879 g/mol. The van der Waals surface area contributed by atoms with Crippen LogP contribution in [0.25, 0.3) is 72.2 Å². The van der Waals surface area contributed by atoms with Crippen LogP contribution in [0.2, 0.25) is 0 Å². The molecule has 0 aliphatic heterocycles. The van der Waals surface area contributed by atoms with Crippen molar-refractivity contribution in [1.29, 1.82) is 0 Å². The van der Waals surface area contributed by atoms with Crippen molar-refractivity contribution in [3.05, 3.63) is 295 Å². The first-order valence-corrected chi connectivity index (χ1v) is 23.7. The molecule has 0 N–H and O–H groups in total. The molecule has 0 atom stereocenters. The summed E-state index contributed by atoms with van der Waals surface area (Å²) in [5.41, 5.74) is 19.9. The Morgan fingerprint density at radius 3 is 1.52 bits per heavy atom. The van der Waals surface area contributed by atoms with Gasteiger partial charge < -0.3 is 4.90 Å². The van der Waals surface area contributed by atoms with Crippen molar-refractivity contribution < 1.29 is 0 Å². The maximum Gasteiger partial charge on any atom is 0.101 e. The van der Waals surface area contributed by atoms with Crippen LogP contribution in [-0.2, 0) is 5.41 Å². The molecule has 69 heavy (non-hydrogen) atoms. The van der Waals surface area contributed by atoms with E-state index in [9.17, 15) is 0 Å². The highest BCUT2D eigenvalue weighted by atomic mass is 15.2. The van der Waals surface area contributed by atoms with Crippen LogP contribution < -0.4 is 4.90 Å². The first-order valence-electron chi connectivity index (χ1n) is 23.7. The van der Waals surface area contributed by atoms with E-state index in [4.69, 9.17) is 5.10 Å². The van der Waals surface area contributed by atoms with Gasteiger partial charge in [-0.05, 0) is 74.7 Å². The van der Waals surface area contributed by atoms with Crippen molar-refractivity contribution in [1.82, 2.24) is 9.61 Å². The first kappa shape index (κ1) is 40.2. The van der Waals surface area contributed by atoms with Crippen LogP contribution in [0.5, 0.6) is 0 Å². The zero-order valence-corrected chi connectivity index (χ0v) is 37.8. The topological polar surface area (TPSA) is 20.5 Å². The number of nitrogens with zero attached hydrogens (tertiary/aromatic N) is 3. The van der Waals surface area contributed by atoms with Gasteiger partial charge >= 0.3 is 0 Å². The molecule has 13 rings (SSSR count). The lowest BCUT2D eigenvalue weighted by molar-refractivity contribution is 0.768. The second-order valence-corrected chi connectivity index (χ2v) is 17.8. The molecule has 0 saturated heterocycles. The predicted molar refractivity (Wildman–Crippen MR) is 286 cm³/mol. The molecule has 3 nitrogen and oxygen atoms in total. The molecule has 0 saturated carbocycles. The zero-order chi connectivity index (χ0) is 45.7. The van der Waals surface area contributed by atoms with Gasteiger partial charge in [0.25, 0.3) is 0 Å². The number of benzene rings is 10. The van der Waals surface area contributed by atoms with Gasteiger partial charge in [0.05, 0.1) is 28.0 Å². The van der Waals surface area contributed by atoms with E-state index in [-0.39, 0.29) is 0 Å². The molecule has 10 aromatic carbocycles. The van der Waals surface area contributed by atoms with E-state index in [1.54, 1.807) is 0 Å². The molecule has 0 spiro atoms. The average molecular weight is 880 g/mol. The second kappa shape index (κ2) is 16.7. The van der Waals surface area contributed by atoms with E-state index in [0.29, 0.717) is 0 Å². The highest BCUT2D eigenvalue weighted by Crippen LogP contribution is 2.60. The van der Waals surface area contributed by atoms with Crippen LogP contribution in [0.3, 0.4) is 0 Å². The number of aromatic nitrogens is 2. The summed E-state index contributed by atoms with van der Waals surface area (Å²) in [4.78, 5) is 2.51. The normalized spacial score (nSPS) is 12.5. The minimum Gasteiger partial charge on any atom is -0.309 e. The number of anilines is 3. The van der Waals surface area contributed by atoms with Crippen LogP contribution in [0, 0.1) is 0 Å². The molecule has 1 aliphatic rings. The number of rotatable bonds is 9. The molecule has 12 aromatic rings. The second-order valence-electron chi connectivity index (χ2n) is 17.8. The van der Waals surface area contributed by atoms with Gasteiger partial charge in [-0.1, -0.05) is 243 Å². The summed E-state index contributed by atoms with van der Waals surface area (Å²) in [5, 5.41) is 7.76. The standard InChI is InChI=1S/C66H45N3/c1-7-24-46(25-8-1)54-36-20-22-40-59(54)68(60-41-23-39-58-63(60)56-37-19-21-38-57(56)66(58,51-32-15-5-16-33-51)52-34-17-6-18-35-52)53-42-43-55-50(44-53)45-61(47-26-9-2-10-27-47)69-65(55)62(48-28-11-3-12-29-48)64(67-69)49-30-13-4-14-31-49/h1-45H. The van der Waals surface area contributed by atoms with E-state index in [2.05, 4.69) is 282 Å². The van der Waals surface area contributed by atoms with Crippen LogP contribution >= 0.6 is 0 Å². The van der Waals surface area contributed by atoms with Crippen LogP contribution in [0.15, 0.2) is 273 Å². The van der Waals surface area contributed by atoms with Crippen molar-refractivity contribution in [3.8, 4) is 55.9 Å². The van der Waals surface area contributed by atoms with E-state index in [1.807, 2.05) is 0 Å². The van der Waals surface area contributed by atoms with Gasteiger partial charge in [0.2, 0.25) is 0 Å². The Morgan fingerprint density at radius 1 is 0.362 bits per heavy atom. The summed E-state index contributed by atoms with van der Waals surface area (Å²) in [6.07, 6.45) is 0. The molecule has 2 heterocycles. The molecule has 0 unspecified atom stereocenters. The third-order valence-corrected chi connectivity index (χ3v) is 14.1. The van der Waals surface area contributed by atoms with Gasteiger partial charge in [0, 0.05) is 38.9 Å². The van der Waals surface area contributed by atoms with Gasteiger partial charge in [0.1, 0.15) is 5.69 Å². The number of pyridine rings is 1. The molecule has 2 aromatic heterocycles. The Balaban J connectivity index is 1.13. The molecule has 0 radical (unpaired) electrons. The summed E-state index contributed by atoms with van der Waals surface area (Å²) in [6.45, 7) is 0. The molecule has 0 amide bonds. The van der Waals surface area contributed by atoms with Gasteiger partial charge in [0.15, 0.2) is 0 Å². The predicted octanol–water partition coefficient (Wildman–Crippen LogP) is 17.0. The summed E-state index contributed by atoms with van der Waals surface area (Å²) < 4.78 is 2.18. The third-order valence-electron chi connectivity index (χ3n) is 14.1. The van der Waals surface area contributed by atoms with E-state index >= 15 is 0 Å². The van der Waals surface area contributed by atoms with Crippen molar-refractivity contribution in [2.24, 2.45) is 0 Å². The number of fused-ring (bicyclic) bond motifs is 6. The van der Waals surface area contributed by atoms with Crippen molar-refractivity contribution in [2.75, 3.05) is 4.90 Å². The summed E-state index contributed by atoms with van der Waals surface area (Å²) in [7, 11) is 0. The van der Waals surface area contributed by atoms with Crippen LogP contribution in [0.4, 0.5) is 17.1 Å². The maximum absolute atomic E-state index is 5.51. The fraction of sp³-hybridized carbons (Fsp3) is 0.0152. The smallest absolute Gasteiger partial charge is 0.101 e. The molecular formula is C66H45N3. The van der Waals surface area contributed by atoms with Gasteiger partial charge in [-0.3, -0.25) is 0 Å². The minimum atomic E-state index is -0.555. The average Bonchev–Trinajstić information content (AvgIpc) is 3.98. The molecule has 0 fully saturated rings. The lowest BCUT2D eigenvalue weighted by atomic mass is 9.68. The highest BCUT2D eigenvalue weighted by molar-refractivity contribution is 6.10. The Bertz CT molecular complexity index is 3770. The van der Waals surface area contributed by atoms with Gasteiger partial charge in [-0.25, -0.2) is 4.52 Å². The zero-order valence-electron chi connectivity index (χ0n) is 37.8. The van der Waals surface area contributed by atoms with Crippen molar-refractivity contribution in [2.45, 2.75) is 5.41 Å². The Labute approximate surface area is 402 Å². The molecule has 1 aliphatic carbocycles. The summed E-state index contributed by atoms with van der Waals surface area (Å²) in [6, 6.07) is 99.2. The lowest BCUT2D eigenvalue weighted by Gasteiger charge is -2.34. The fourth-order valence-electron chi connectivity index (χ4n) is 11.2. The van der Waals surface area contributed by atoms with Crippen molar-refractivity contribution >= 4 is 33.4 Å². The lowest BCUT2D eigenvalue weighted by Crippen LogP contribution is -2.28. The molecule has 3 heteroatoms. The van der Waals surface area contributed by atoms with Crippen molar-refractivity contribution in [3.63, 3.8) is 0 Å². The van der Waals surface area contributed by atoms with E-state index < -0.39 is 5.41 Å². The molecular weight excluding hydrogens is 835 g/mol. The summed E-state index contributed by atoms with van der Waals surface area (Å²) >= 11 is 0. The fourth-order valence-corrected chi connectivity index (χ4v) is 11.2. The van der Waals surface area contributed by atoms with Gasteiger partial charge in [-0.15, -0.1) is 0 Å². The van der Waals surface area contributed by atoms with Crippen LogP contribution in [0.1, 0.15) is 22.3 Å². The first-order chi connectivity index (χ1) is 34.3. The maximum atomic E-state index is 5.51. The number of para-hydroxylation sites is 1. The molecule has 0 bridgehead atoms. The SMILES string of the molecule is c1ccc(-c2ccccc2N(c2ccc3c(c2)cc(-c2ccccc2)n2nc(-c4ccccc4)c(-c4ccccc4)c32)c2cccc3c2-c2ccccc2C3(c2ccccc2)c2ccccc2)cc1. The Kier molecular flexibility index (Phi) is 9.73. The Hall–Kier alpha value is -9.05. The highest BCUT2D eigenvalue weighted by Gasteiger charge is 2.47. The van der Waals surface area contributed by atoms with Gasteiger partial charge in [-0.2, -0.15) is 5.10 Å². The van der Waals surface area contributed by atoms with E-state index in [1.165, 1.54) is 33.4 Å². The number of hydrogen-bond donors (Lipinski definition) is 0. The quantitative estimate of drug-likeness (QED) is 0.144. The largest absolute Gasteiger partial charge is 0.309 e.